The van der Waals surface area contributed by atoms with E-state index < -0.39 is 11.9 Å². The molecule has 0 aromatic heterocycles. The Labute approximate surface area is 215 Å². The average molecular weight is 506 g/mol. The van der Waals surface area contributed by atoms with Gasteiger partial charge in [0.2, 0.25) is 5.91 Å². The molecule has 1 amide bonds. The highest BCUT2D eigenvalue weighted by atomic mass is 16.7. The van der Waals surface area contributed by atoms with Gasteiger partial charge in [0.25, 0.3) is 0 Å². The van der Waals surface area contributed by atoms with E-state index in [1.807, 2.05) is 12.2 Å². The average Bonchev–Trinajstić information content (AvgIpc) is 3.51. The van der Waals surface area contributed by atoms with Crippen LogP contribution < -0.4 is 5.32 Å². The molecule has 0 radical (unpaired) electrons. The molecule has 0 aromatic rings. The number of carbonyl (C=O) groups excluding carboxylic acids is 2. The Morgan fingerprint density at radius 2 is 1.97 bits per heavy atom. The number of ether oxygens (including phenoxy) is 4. The predicted octanol–water partition coefficient (Wildman–Crippen LogP) is 3.59. The third-order valence-corrected chi connectivity index (χ3v) is 7.20. The van der Waals surface area contributed by atoms with Gasteiger partial charge in [0, 0.05) is 38.3 Å². The first-order valence-electron chi connectivity index (χ1n) is 13.0. The number of carbonyl (C=O) groups is 2. The molecule has 3 aliphatic rings. The molecule has 0 bridgehead atoms. The molecule has 8 atom stereocenters. The van der Waals surface area contributed by atoms with Crippen molar-refractivity contribution in [2.45, 2.75) is 103 Å². The van der Waals surface area contributed by atoms with E-state index in [4.69, 9.17) is 18.9 Å². The minimum Gasteiger partial charge on any atom is -0.459 e. The summed E-state index contributed by atoms with van der Waals surface area (Å²) >= 11 is 0. The van der Waals surface area contributed by atoms with Crippen molar-refractivity contribution in [1.82, 2.24) is 5.32 Å². The SMILES string of the molecule is CC(=O)O[C@@H](C)/C=C\C(=O)NCC1CC(C)C(C/C=C(C)/C=C/[C@@H]2C[C@]3(CO3)C[C@@](C)(O)O2)OC1C. The van der Waals surface area contributed by atoms with Crippen LogP contribution in [-0.2, 0) is 28.5 Å². The number of epoxide rings is 1. The molecule has 0 aliphatic carbocycles. The Balaban J connectivity index is 1.42. The second-order valence-corrected chi connectivity index (χ2v) is 11.0. The number of esters is 1. The third kappa shape index (κ3) is 8.83. The summed E-state index contributed by atoms with van der Waals surface area (Å²) in [5.74, 6) is -1.14. The first-order valence-corrected chi connectivity index (χ1v) is 13.0. The van der Waals surface area contributed by atoms with E-state index in [0.29, 0.717) is 25.5 Å². The van der Waals surface area contributed by atoms with Gasteiger partial charge >= 0.3 is 5.97 Å². The monoisotopic (exact) mass is 505 g/mol. The summed E-state index contributed by atoms with van der Waals surface area (Å²) in [4.78, 5) is 23.1. The van der Waals surface area contributed by atoms with Crippen molar-refractivity contribution in [3.8, 4) is 0 Å². The lowest BCUT2D eigenvalue weighted by atomic mass is 9.84. The van der Waals surface area contributed by atoms with E-state index in [9.17, 15) is 14.7 Å². The van der Waals surface area contributed by atoms with Gasteiger partial charge in [-0.1, -0.05) is 30.7 Å². The Bertz CT molecular complexity index is 867. The Hall–Kier alpha value is -2.00. The second kappa shape index (κ2) is 12.0. The van der Waals surface area contributed by atoms with Crippen LogP contribution in [0.15, 0.2) is 36.0 Å². The van der Waals surface area contributed by atoms with Crippen molar-refractivity contribution in [2.75, 3.05) is 13.2 Å². The maximum Gasteiger partial charge on any atom is 0.303 e. The number of aliphatic hydroxyl groups is 1. The highest BCUT2D eigenvalue weighted by molar-refractivity contribution is 5.87. The van der Waals surface area contributed by atoms with E-state index in [1.54, 1.807) is 19.9 Å². The van der Waals surface area contributed by atoms with Gasteiger partial charge in [-0.25, -0.2) is 0 Å². The van der Waals surface area contributed by atoms with Crippen LogP contribution >= 0.6 is 0 Å². The van der Waals surface area contributed by atoms with Crippen LogP contribution in [0.25, 0.3) is 0 Å². The maximum atomic E-state index is 12.1. The van der Waals surface area contributed by atoms with Gasteiger partial charge < -0.3 is 29.4 Å². The third-order valence-electron chi connectivity index (χ3n) is 7.20. The zero-order chi connectivity index (χ0) is 26.5. The van der Waals surface area contributed by atoms with Crippen LogP contribution in [0.5, 0.6) is 0 Å². The number of rotatable bonds is 9. The molecule has 0 aromatic carbocycles. The standard InChI is InChI=1S/C28H43NO7/c1-18(7-10-24-14-28(17-33-28)16-27(6,32)36-24)8-11-25-19(2)13-23(21(4)35-25)15-29-26(31)12-9-20(3)34-22(5)30/h7-10,12,19-21,23-25,32H,11,13-17H2,1-6H3,(H,29,31)/b10-7+,12-9-,18-8+/t19?,20-,21?,23?,24+,25?,27-,28+/m0/s1. The van der Waals surface area contributed by atoms with Gasteiger partial charge in [0.05, 0.1) is 30.5 Å². The lowest BCUT2D eigenvalue weighted by Gasteiger charge is -2.39. The van der Waals surface area contributed by atoms with Crippen LogP contribution in [0.1, 0.15) is 67.2 Å². The van der Waals surface area contributed by atoms with Gasteiger partial charge in [0.15, 0.2) is 5.79 Å². The fraction of sp³-hybridized carbons (Fsp3) is 0.714. The van der Waals surface area contributed by atoms with Crippen molar-refractivity contribution >= 4 is 11.9 Å². The highest BCUT2D eigenvalue weighted by Gasteiger charge is 2.54. The molecular weight excluding hydrogens is 462 g/mol. The molecule has 3 aliphatic heterocycles. The van der Waals surface area contributed by atoms with E-state index >= 15 is 0 Å². The van der Waals surface area contributed by atoms with Crippen LogP contribution in [0, 0.1) is 11.8 Å². The summed E-state index contributed by atoms with van der Waals surface area (Å²) in [6.45, 7) is 12.3. The molecule has 4 unspecified atom stereocenters. The summed E-state index contributed by atoms with van der Waals surface area (Å²) in [5, 5.41) is 13.3. The summed E-state index contributed by atoms with van der Waals surface area (Å²) in [5.41, 5.74) is 0.909. The fourth-order valence-electron chi connectivity index (χ4n) is 5.20. The van der Waals surface area contributed by atoms with Gasteiger partial charge in [0.1, 0.15) is 6.10 Å². The second-order valence-electron chi connectivity index (χ2n) is 11.0. The molecule has 202 valence electrons. The van der Waals surface area contributed by atoms with Crippen molar-refractivity contribution in [3.05, 3.63) is 36.0 Å². The molecule has 3 saturated heterocycles. The van der Waals surface area contributed by atoms with Crippen molar-refractivity contribution in [2.24, 2.45) is 11.8 Å². The number of allylic oxidation sites excluding steroid dienone is 2. The van der Waals surface area contributed by atoms with E-state index in [2.05, 4.69) is 32.2 Å². The van der Waals surface area contributed by atoms with E-state index in [0.717, 1.165) is 24.8 Å². The Kier molecular flexibility index (Phi) is 9.55. The first kappa shape index (κ1) is 28.6. The zero-order valence-corrected chi connectivity index (χ0v) is 22.5. The Morgan fingerprint density at radius 3 is 2.64 bits per heavy atom. The van der Waals surface area contributed by atoms with Crippen LogP contribution in [-0.4, -0.2) is 65.9 Å². The number of hydrogen-bond acceptors (Lipinski definition) is 7. The van der Waals surface area contributed by atoms with Gasteiger partial charge in [-0.2, -0.15) is 0 Å². The summed E-state index contributed by atoms with van der Waals surface area (Å²) in [7, 11) is 0. The topological polar surface area (TPSA) is 107 Å². The zero-order valence-electron chi connectivity index (χ0n) is 22.5. The highest BCUT2D eigenvalue weighted by Crippen LogP contribution is 2.45. The predicted molar refractivity (Wildman–Crippen MR) is 136 cm³/mol. The molecular formula is C28H43NO7. The van der Waals surface area contributed by atoms with Crippen LogP contribution in [0.4, 0.5) is 0 Å². The summed E-state index contributed by atoms with van der Waals surface area (Å²) < 4.78 is 22.7. The molecule has 3 rings (SSSR count). The fourth-order valence-corrected chi connectivity index (χ4v) is 5.20. The lowest BCUT2D eigenvalue weighted by Crippen LogP contribution is -2.45. The number of nitrogens with one attached hydrogen (secondary N) is 1. The minimum absolute atomic E-state index is 0.0345. The van der Waals surface area contributed by atoms with Gasteiger partial charge in [-0.15, -0.1) is 0 Å². The molecule has 3 fully saturated rings. The van der Waals surface area contributed by atoms with Crippen molar-refractivity contribution in [1.29, 1.82) is 0 Å². The van der Waals surface area contributed by atoms with Crippen LogP contribution in [0.3, 0.4) is 0 Å². The van der Waals surface area contributed by atoms with E-state index in [-0.39, 0.29) is 41.7 Å². The number of amides is 1. The smallest absolute Gasteiger partial charge is 0.303 e. The normalized spacial score (nSPS) is 37.9. The molecule has 0 saturated carbocycles. The number of hydrogen-bond donors (Lipinski definition) is 2. The molecule has 8 nitrogen and oxygen atoms in total. The molecule has 3 heterocycles. The van der Waals surface area contributed by atoms with E-state index in [1.165, 1.54) is 13.0 Å². The van der Waals surface area contributed by atoms with Crippen molar-refractivity contribution in [3.63, 3.8) is 0 Å². The molecule has 36 heavy (non-hydrogen) atoms. The van der Waals surface area contributed by atoms with Gasteiger partial charge in [-0.05, 0) is 52.5 Å². The maximum absolute atomic E-state index is 12.1. The molecule has 8 heteroatoms. The summed E-state index contributed by atoms with van der Waals surface area (Å²) in [6, 6.07) is 0. The first-order chi connectivity index (χ1) is 16.9. The quantitative estimate of drug-likeness (QED) is 0.213. The Morgan fingerprint density at radius 1 is 1.25 bits per heavy atom. The minimum atomic E-state index is -1.16. The van der Waals surface area contributed by atoms with Crippen molar-refractivity contribution < 1.29 is 33.6 Å². The molecule has 2 N–H and O–H groups in total. The largest absolute Gasteiger partial charge is 0.459 e. The lowest BCUT2D eigenvalue weighted by molar-refractivity contribution is -0.244. The summed E-state index contributed by atoms with van der Waals surface area (Å²) in [6.07, 6.45) is 11.8. The molecule has 1 spiro atoms. The van der Waals surface area contributed by atoms with Gasteiger partial charge in [-0.3, -0.25) is 9.59 Å². The van der Waals surface area contributed by atoms with Crippen LogP contribution in [0.2, 0.25) is 0 Å².